The highest BCUT2D eigenvalue weighted by Gasteiger charge is 2.30. The van der Waals surface area contributed by atoms with E-state index in [1.807, 2.05) is 42.5 Å². The number of rotatable bonds is 3. The number of thioether (sulfide) groups is 1. The second-order valence-electron chi connectivity index (χ2n) is 4.98. The molecule has 3 nitrogen and oxygen atoms in total. The number of amidine groups is 1. The van der Waals surface area contributed by atoms with E-state index >= 15 is 0 Å². The third-order valence-electron chi connectivity index (χ3n) is 3.43. The Morgan fingerprint density at radius 3 is 2.57 bits per heavy atom. The van der Waals surface area contributed by atoms with Crippen LogP contribution in [0.15, 0.2) is 59.6 Å². The zero-order chi connectivity index (χ0) is 14.7. The summed E-state index contributed by atoms with van der Waals surface area (Å²) in [6.07, 6.45) is 0.733. The third kappa shape index (κ3) is 3.34. The predicted octanol–water partition coefficient (Wildman–Crippen LogP) is 3.46. The van der Waals surface area contributed by atoms with Crippen molar-refractivity contribution in [2.24, 2.45) is 4.99 Å². The predicted molar refractivity (Wildman–Crippen MR) is 87.9 cm³/mol. The number of amides is 1. The van der Waals surface area contributed by atoms with Gasteiger partial charge in [-0.2, -0.15) is 0 Å². The summed E-state index contributed by atoms with van der Waals surface area (Å²) >= 11 is 1.51. The fraction of sp³-hybridized carbons (Fsp3) is 0.176. The van der Waals surface area contributed by atoms with Crippen LogP contribution in [-0.2, 0) is 11.2 Å². The minimum Gasteiger partial charge on any atom is -0.304 e. The maximum absolute atomic E-state index is 12.1. The zero-order valence-corrected chi connectivity index (χ0v) is 12.6. The fourth-order valence-electron chi connectivity index (χ4n) is 2.25. The Labute approximate surface area is 128 Å². The molecule has 1 aliphatic rings. The van der Waals surface area contributed by atoms with E-state index in [4.69, 9.17) is 0 Å². The third-order valence-corrected chi connectivity index (χ3v) is 4.51. The van der Waals surface area contributed by atoms with E-state index in [0.717, 1.165) is 12.1 Å². The molecule has 1 aliphatic heterocycles. The first-order valence-electron chi connectivity index (χ1n) is 6.88. The van der Waals surface area contributed by atoms with Crippen LogP contribution in [0, 0.1) is 6.92 Å². The molecule has 2 aromatic rings. The van der Waals surface area contributed by atoms with Gasteiger partial charge in [-0.15, -0.1) is 0 Å². The average molecular weight is 296 g/mol. The summed E-state index contributed by atoms with van der Waals surface area (Å²) in [5.74, 6) is 0.0398. The molecule has 1 saturated heterocycles. The van der Waals surface area contributed by atoms with Gasteiger partial charge in [-0.05, 0) is 36.6 Å². The minimum absolute atomic E-state index is 0.0398. The molecule has 0 radical (unpaired) electrons. The monoisotopic (exact) mass is 296 g/mol. The number of benzene rings is 2. The number of nitrogens with zero attached hydrogens (tertiary/aromatic N) is 1. The van der Waals surface area contributed by atoms with Crippen molar-refractivity contribution in [3.05, 3.63) is 65.7 Å². The number of aliphatic imine (C=N–C) groups is 1. The Morgan fingerprint density at radius 1 is 1.10 bits per heavy atom. The van der Waals surface area contributed by atoms with Crippen molar-refractivity contribution in [3.8, 4) is 0 Å². The highest BCUT2D eigenvalue weighted by molar-refractivity contribution is 8.15. The maximum atomic E-state index is 12.1. The fourth-order valence-corrected chi connectivity index (χ4v) is 3.27. The number of hydrogen-bond acceptors (Lipinski definition) is 3. The van der Waals surface area contributed by atoms with Crippen LogP contribution in [0.3, 0.4) is 0 Å². The number of nitrogens with one attached hydrogen (secondary N) is 1. The molecule has 0 saturated carbocycles. The highest BCUT2D eigenvalue weighted by atomic mass is 32.2. The van der Waals surface area contributed by atoms with Crippen LogP contribution in [0.25, 0.3) is 0 Å². The lowest BCUT2D eigenvalue weighted by molar-refractivity contribution is -0.118. The standard InChI is InChI=1S/C17H16N2OS/c1-12-7-5-6-8-13(12)11-15-16(20)19-17(21-15)18-14-9-3-2-4-10-14/h2-10,15H,11H2,1H3,(H,18,19,20)/t15-/m1/s1. The Balaban J connectivity index is 1.74. The van der Waals surface area contributed by atoms with Crippen molar-refractivity contribution < 1.29 is 4.79 Å². The van der Waals surface area contributed by atoms with E-state index in [1.165, 1.54) is 22.9 Å². The number of carbonyl (C=O) groups excluding carboxylic acids is 1. The van der Waals surface area contributed by atoms with Gasteiger partial charge in [-0.25, -0.2) is 4.99 Å². The van der Waals surface area contributed by atoms with Gasteiger partial charge in [0.25, 0.3) is 0 Å². The van der Waals surface area contributed by atoms with E-state index in [1.54, 1.807) is 0 Å². The second-order valence-corrected chi connectivity index (χ2v) is 6.17. The number of hydrogen-bond donors (Lipinski definition) is 1. The van der Waals surface area contributed by atoms with Crippen molar-refractivity contribution in [2.45, 2.75) is 18.6 Å². The quantitative estimate of drug-likeness (QED) is 0.942. The summed E-state index contributed by atoms with van der Waals surface area (Å²) in [5.41, 5.74) is 3.29. The summed E-state index contributed by atoms with van der Waals surface area (Å²) in [6.45, 7) is 2.08. The first kappa shape index (κ1) is 13.9. The van der Waals surface area contributed by atoms with Crippen LogP contribution in [0.2, 0.25) is 0 Å². The SMILES string of the molecule is Cc1ccccc1C[C@H]1SC(=Nc2ccccc2)NC1=O. The topological polar surface area (TPSA) is 41.5 Å². The normalized spacial score (nSPS) is 19.8. The molecule has 0 aromatic heterocycles. The van der Waals surface area contributed by atoms with Crippen LogP contribution < -0.4 is 5.32 Å². The minimum atomic E-state index is -0.103. The van der Waals surface area contributed by atoms with Gasteiger partial charge in [0.2, 0.25) is 5.91 Å². The van der Waals surface area contributed by atoms with Gasteiger partial charge in [0.1, 0.15) is 0 Å². The molecule has 1 amide bonds. The van der Waals surface area contributed by atoms with Gasteiger partial charge in [-0.1, -0.05) is 54.2 Å². The Morgan fingerprint density at radius 2 is 1.81 bits per heavy atom. The molecule has 1 fully saturated rings. The van der Waals surface area contributed by atoms with Crippen LogP contribution in [0.1, 0.15) is 11.1 Å². The summed E-state index contributed by atoms with van der Waals surface area (Å²) < 4.78 is 0. The van der Waals surface area contributed by atoms with Crippen LogP contribution >= 0.6 is 11.8 Å². The highest BCUT2D eigenvalue weighted by Crippen LogP contribution is 2.26. The lowest BCUT2D eigenvalue weighted by Gasteiger charge is -2.08. The Bertz CT molecular complexity index is 682. The molecule has 106 valence electrons. The van der Waals surface area contributed by atoms with Gasteiger partial charge >= 0.3 is 0 Å². The smallest absolute Gasteiger partial charge is 0.239 e. The molecular formula is C17H16N2OS. The largest absolute Gasteiger partial charge is 0.304 e. The van der Waals surface area contributed by atoms with Gasteiger partial charge in [-0.3, -0.25) is 4.79 Å². The zero-order valence-electron chi connectivity index (χ0n) is 11.7. The van der Waals surface area contributed by atoms with Gasteiger partial charge in [0.05, 0.1) is 10.9 Å². The van der Waals surface area contributed by atoms with Crippen LogP contribution in [-0.4, -0.2) is 16.3 Å². The van der Waals surface area contributed by atoms with Crippen LogP contribution in [0.5, 0.6) is 0 Å². The van der Waals surface area contributed by atoms with Crippen molar-refractivity contribution in [1.29, 1.82) is 0 Å². The van der Waals surface area contributed by atoms with Crippen molar-refractivity contribution in [3.63, 3.8) is 0 Å². The molecule has 21 heavy (non-hydrogen) atoms. The number of aryl methyl sites for hydroxylation is 1. The van der Waals surface area contributed by atoms with E-state index in [0.29, 0.717) is 5.17 Å². The Hall–Kier alpha value is -2.07. The van der Waals surface area contributed by atoms with E-state index < -0.39 is 0 Å². The first-order valence-corrected chi connectivity index (χ1v) is 7.76. The first-order chi connectivity index (χ1) is 10.2. The molecule has 2 aromatic carbocycles. The maximum Gasteiger partial charge on any atom is 0.239 e. The summed E-state index contributed by atoms with van der Waals surface area (Å²) in [7, 11) is 0. The van der Waals surface area contributed by atoms with Crippen molar-refractivity contribution in [2.75, 3.05) is 0 Å². The van der Waals surface area contributed by atoms with E-state index in [-0.39, 0.29) is 11.2 Å². The molecule has 0 bridgehead atoms. The molecule has 0 spiro atoms. The number of carbonyl (C=O) groups is 1. The lowest BCUT2D eigenvalue weighted by atomic mass is 10.0. The molecule has 0 unspecified atom stereocenters. The van der Waals surface area contributed by atoms with Gasteiger partial charge in [0.15, 0.2) is 5.17 Å². The van der Waals surface area contributed by atoms with E-state index in [2.05, 4.69) is 29.4 Å². The van der Waals surface area contributed by atoms with Gasteiger partial charge < -0.3 is 5.32 Å². The summed E-state index contributed by atoms with van der Waals surface area (Å²) in [6, 6.07) is 17.9. The molecule has 3 rings (SSSR count). The summed E-state index contributed by atoms with van der Waals surface area (Å²) in [4.78, 5) is 16.5. The van der Waals surface area contributed by atoms with Crippen molar-refractivity contribution >= 4 is 28.5 Å². The van der Waals surface area contributed by atoms with Gasteiger partial charge in [0, 0.05) is 0 Å². The molecule has 1 atom stereocenters. The number of para-hydroxylation sites is 1. The summed E-state index contributed by atoms with van der Waals surface area (Å²) in [5, 5.41) is 3.45. The lowest BCUT2D eigenvalue weighted by Crippen LogP contribution is -2.26. The molecule has 1 heterocycles. The Kier molecular flexibility index (Phi) is 4.06. The molecule has 4 heteroatoms. The van der Waals surface area contributed by atoms with Crippen molar-refractivity contribution in [1.82, 2.24) is 5.32 Å². The average Bonchev–Trinajstić information content (AvgIpc) is 2.82. The molecule has 1 N–H and O–H groups in total. The molecular weight excluding hydrogens is 280 g/mol. The second kappa shape index (κ2) is 6.14. The van der Waals surface area contributed by atoms with Crippen LogP contribution in [0.4, 0.5) is 5.69 Å². The molecule has 0 aliphatic carbocycles. The van der Waals surface area contributed by atoms with E-state index in [9.17, 15) is 4.79 Å².